The van der Waals surface area contributed by atoms with Gasteiger partial charge in [0.15, 0.2) is 5.82 Å². The number of anilines is 2. The van der Waals surface area contributed by atoms with E-state index in [0.717, 1.165) is 0 Å². The van der Waals surface area contributed by atoms with E-state index >= 15 is 0 Å². The fourth-order valence-corrected chi connectivity index (χ4v) is 4.52. The van der Waals surface area contributed by atoms with Gasteiger partial charge >= 0.3 is 12.1 Å². The third-order valence-electron chi connectivity index (χ3n) is 6.56. The topological polar surface area (TPSA) is 202 Å². The Balaban J connectivity index is 1.41. The lowest BCUT2D eigenvalue weighted by Crippen LogP contribution is -2.35. The van der Waals surface area contributed by atoms with Crippen LogP contribution in [0.2, 0.25) is 5.02 Å². The summed E-state index contributed by atoms with van der Waals surface area (Å²) in [5.74, 6) is -1.83. The van der Waals surface area contributed by atoms with Gasteiger partial charge < -0.3 is 26.2 Å². The van der Waals surface area contributed by atoms with Crippen molar-refractivity contribution in [1.29, 1.82) is 5.41 Å². The number of carbonyl (C=O) groups is 3. The predicted octanol–water partition coefficient (Wildman–Crippen LogP) is 4.23. The summed E-state index contributed by atoms with van der Waals surface area (Å²) in [5.41, 5.74) is 7.69. The first-order valence-corrected chi connectivity index (χ1v) is 14.4. The Morgan fingerprint density at radius 2 is 1.78 bits per heavy atom. The van der Waals surface area contributed by atoms with E-state index in [-0.39, 0.29) is 54.3 Å². The quantitative estimate of drug-likeness (QED) is 0.0784. The molecule has 238 valence electrons. The minimum atomic E-state index is -1.20. The molecule has 0 unspecified atom stereocenters. The molecule has 0 fully saturated rings. The summed E-state index contributed by atoms with van der Waals surface area (Å²) in [7, 11) is 0. The Hall–Kier alpha value is -5.69. The van der Waals surface area contributed by atoms with Gasteiger partial charge in [0.2, 0.25) is 5.91 Å². The molecule has 14 heteroatoms. The number of carbonyl (C=O) groups excluding carboxylic acids is 2. The molecule has 0 bridgehead atoms. The highest BCUT2D eigenvalue weighted by Gasteiger charge is 2.18. The van der Waals surface area contributed by atoms with Gasteiger partial charge in [-0.25, -0.2) is 14.6 Å². The van der Waals surface area contributed by atoms with Crippen LogP contribution in [-0.4, -0.2) is 44.5 Å². The number of nitrogens with two attached hydrogens (primary N) is 1. The van der Waals surface area contributed by atoms with Gasteiger partial charge in [0.1, 0.15) is 19.0 Å². The zero-order valence-electron chi connectivity index (χ0n) is 25.0. The number of carboxylic acid groups (broad SMARTS) is 1. The first-order valence-electron chi connectivity index (χ1n) is 14.0. The van der Waals surface area contributed by atoms with E-state index in [1.54, 1.807) is 48.5 Å². The number of alkyl carbamates (subject to hydrolysis) is 1. The normalized spacial score (nSPS) is 10.7. The first kappa shape index (κ1) is 33.2. The summed E-state index contributed by atoms with van der Waals surface area (Å²) in [5, 5.41) is 26.2. The fraction of sp³-hybridized carbons (Fsp3) is 0.188. The van der Waals surface area contributed by atoms with Crippen LogP contribution in [0.1, 0.15) is 40.9 Å². The van der Waals surface area contributed by atoms with E-state index in [0.29, 0.717) is 27.3 Å². The molecular formula is C32H32ClN7O6. The van der Waals surface area contributed by atoms with Crippen molar-refractivity contribution < 1.29 is 24.2 Å². The molecule has 0 aliphatic heterocycles. The Bertz CT molecular complexity index is 1840. The van der Waals surface area contributed by atoms with Gasteiger partial charge in [-0.2, -0.15) is 0 Å². The van der Waals surface area contributed by atoms with E-state index < -0.39 is 23.5 Å². The number of nitrogens with one attached hydrogen (secondary N) is 4. The molecule has 46 heavy (non-hydrogen) atoms. The van der Waals surface area contributed by atoms with E-state index in [4.69, 9.17) is 27.5 Å². The summed E-state index contributed by atoms with van der Waals surface area (Å²) in [4.78, 5) is 54.4. The molecule has 0 saturated carbocycles. The summed E-state index contributed by atoms with van der Waals surface area (Å²) < 4.78 is 6.35. The fourth-order valence-electron chi connectivity index (χ4n) is 4.33. The van der Waals surface area contributed by atoms with Crippen molar-refractivity contribution in [3.63, 3.8) is 0 Å². The Kier molecular flexibility index (Phi) is 10.7. The van der Waals surface area contributed by atoms with E-state index in [1.165, 1.54) is 29.0 Å². The molecule has 0 saturated heterocycles. The number of nitrogen functional groups attached to an aromatic ring is 1. The van der Waals surface area contributed by atoms with Crippen molar-refractivity contribution in [3.05, 3.63) is 111 Å². The maximum absolute atomic E-state index is 13.4. The van der Waals surface area contributed by atoms with Gasteiger partial charge in [-0.1, -0.05) is 54.1 Å². The molecule has 0 aliphatic carbocycles. The Morgan fingerprint density at radius 1 is 1.07 bits per heavy atom. The monoisotopic (exact) mass is 645 g/mol. The number of aromatic carboxylic acids is 1. The Labute approximate surface area is 268 Å². The van der Waals surface area contributed by atoms with E-state index in [9.17, 15) is 24.3 Å². The van der Waals surface area contributed by atoms with Crippen LogP contribution in [-0.2, 0) is 29.2 Å². The van der Waals surface area contributed by atoms with E-state index in [1.807, 2.05) is 13.8 Å². The van der Waals surface area contributed by atoms with Crippen LogP contribution in [0.15, 0.2) is 77.7 Å². The van der Waals surface area contributed by atoms with Crippen molar-refractivity contribution in [1.82, 2.24) is 20.2 Å². The highest BCUT2D eigenvalue weighted by atomic mass is 35.5. The maximum Gasteiger partial charge on any atom is 0.413 e. The summed E-state index contributed by atoms with van der Waals surface area (Å²) in [6.45, 7) is 3.33. The molecular weight excluding hydrogens is 614 g/mol. The second-order valence-electron chi connectivity index (χ2n) is 10.5. The van der Waals surface area contributed by atoms with Crippen molar-refractivity contribution in [2.75, 3.05) is 11.1 Å². The SMILES string of the molecule is CC(C)Nc1ncc(-c2cc(N)cc(C(=O)O)c2)n(CC(=O)NCc2ccc(C(=N)NC(=O)OCc3ccccc3Cl)cc2)c1=O. The van der Waals surface area contributed by atoms with Crippen molar-refractivity contribution in [2.24, 2.45) is 0 Å². The molecule has 0 aliphatic rings. The largest absolute Gasteiger partial charge is 0.478 e. The lowest BCUT2D eigenvalue weighted by Gasteiger charge is -2.17. The second-order valence-corrected chi connectivity index (χ2v) is 10.9. The molecule has 4 rings (SSSR count). The zero-order valence-corrected chi connectivity index (χ0v) is 25.7. The third-order valence-corrected chi connectivity index (χ3v) is 6.92. The van der Waals surface area contributed by atoms with Crippen LogP contribution in [0.3, 0.4) is 0 Å². The molecule has 3 aromatic carbocycles. The first-order chi connectivity index (χ1) is 21.9. The van der Waals surface area contributed by atoms with E-state index in [2.05, 4.69) is 20.9 Å². The number of amidine groups is 1. The van der Waals surface area contributed by atoms with Crippen molar-refractivity contribution in [3.8, 4) is 11.3 Å². The van der Waals surface area contributed by atoms with Gasteiger partial charge in [0, 0.05) is 40.0 Å². The summed E-state index contributed by atoms with van der Waals surface area (Å²) in [6, 6.07) is 17.5. The number of hydrogen-bond acceptors (Lipinski definition) is 9. The number of hydrogen-bond donors (Lipinski definition) is 6. The number of benzene rings is 3. The third kappa shape index (κ3) is 8.70. The average molecular weight is 646 g/mol. The maximum atomic E-state index is 13.4. The molecule has 4 aromatic rings. The molecule has 1 aromatic heterocycles. The second kappa shape index (κ2) is 14.9. The van der Waals surface area contributed by atoms with Gasteiger partial charge in [0.25, 0.3) is 5.56 Å². The highest BCUT2D eigenvalue weighted by Crippen LogP contribution is 2.23. The van der Waals surface area contributed by atoms with Gasteiger partial charge in [-0.15, -0.1) is 0 Å². The van der Waals surface area contributed by atoms with Gasteiger partial charge in [-0.05, 0) is 43.7 Å². The van der Waals surface area contributed by atoms with Gasteiger partial charge in [0.05, 0.1) is 17.5 Å². The molecule has 0 radical (unpaired) electrons. The standard InChI is InChI=1S/C32H32ClN7O6/c1-18(2)38-29-30(42)40(26(15-37-29)22-11-23(31(43)44)13-24(34)12-22)16-27(41)36-14-19-7-9-20(10-8-19)28(35)39-32(45)46-17-21-5-3-4-6-25(21)33/h3-13,15,18H,14,16-17,34H2,1-2H3,(H,36,41)(H,37,38)(H,43,44)(H2,35,39,45). The molecule has 7 N–H and O–H groups in total. The number of rotatable bonds is 11. The minimum Gasteiger partial charge on any atom is -0.478 e. The number of nitrogens with zero attached hydrogens (tertiary/aromatic N) is 2. The Morgan fingerprint density at radius 3 is 2.46 bits per heavy atom. The summed E-state index contributed by atoms with van der Waals surface area (Å²) in [6.07, 6.45) is 0.574. The number of carboxylic acids is 1. The lowest BCUT2D eigenvalue weighted by atomic mass is 10.1. The molecule has 2 amide bonds. The zero-order chi connectivity index (χ0) is 33.4. The smallest absolute Gasteiger partial charge is 0.413 e. The molecule has 13 nitrogen and oxygen atoms in total. The van der Waals surface area contributed by atoms with Crippen LogP contribution in [0, 0.1) is 5.41 Å². The number of amides is 2. The van der Waals surface area contributed by atoms with Crippen LogP contribution in [0.4, 0.5) is 16.3 Å². The number of aromatic nitrogens is 2. The highest BCUT2D eigenvalue weighted by molar-refractivity contribution is 6.31. The average Bonchev–Trinajstić information content (AvgIpc) is 3.01. The van der Waals surface area contributed by atoms with Crippen LogP contribution < -0.4 is 27.2 Å². The van der Waals surface area contributed by atoms with Crippen molar-refractivity contribution in [2.45, 2.75) is 39.6 Å². The lowest BCUT2D eigenvalue weighted by molar-refractivity contribution is -0.121. The molecule has 0 atom stereocenters. The number of ether oxygens (including phenoxy) is 1. The minimum absolute atomic E-state index is 0.0355. The predicted molar refractivity (Wildman–Crippen MR) is 174 cm³/mol. The molecule has 0 spiro atoms. The van der Waals surface area contributed by atoms with Crippen LogP contribution in [0.25, 0.3) is 11.3 Å². The number of halogens is 1. The van der Waals surface area contributed by atoms with Gasteiger partial charge in [-0.3, -0.25) is 24.9 Å². The van der Waals surface area contributed by atoms with Crippen molar-refractivity contribution >= 4 is 46.9 Å². The summed E-state index contributed by atoms with van der Waals surface area (Å²) >= 11 is 6.07. The van der Waals surface area contributed by atoms with Crippen LogP contribution >= 0.6 is 11.6 Å². The van der Waals surface area contributed by atoms with Crippen LogP contribution in [0.5, 0.6) is 0 Å². The molecule has 1 heterocycles.